The van der Waals surface area contributed by atoms with Crippen LogP contribution in [0.15, 0.2) is 30.3 Å². The van der Waals surface area contributed by atoms with E-state index in [9.17, 15) is 14.4 Å². The molecule has 1 aromatic heterocycles. The lowest BCUT2D eigenvalue weighted by Gasteiger charge is -2.18. The topological polar surface area (TPSA) is 47.2 Å². The van der Waals surface area contributed by atoms with Gasteiger partial charge in [0.1, 0.15) is 11.5 Å². The lowest BCUT2D eigenvalue weighted by molar-refractivity contribution is -0.623. The van der Waals surface area contributed by atoms with Crippen molar-refractivity contribution in [3.63, 3.8) is 0 Å². The van der Waals surface area contributed by atoms with E-state index < -0.39 is 5.41 Å². The van der Waals surface area contributed by atoms with Crippen molar-refractivity contribution in [3.8, 4) is 0 Å². The van der Waals surface area contributed by atoms with Gasteiger partial charge in [0, 0.05) is 32.4 Å². The minimum atomic E-state index is -0.398. The molecule has 3 rings (SSSR count). The molecule has 0 saturated heterocycles. The van der Waals surface area contributed by atoms with Gasteiger partial charge in [0.2, 0.25) is 11.6 Å². The number of anilines is 1. The van der Waals surface area contributed by atoms with Crippen LogP contribution in [0.5, 0.6) is 0 Å². The number of pyridine rings is 1. The van der Waals surface area contributed by atoms with Gasteiger partial charge >= 0.3 is 0 Å². The van der Waals surface area contributed by atoms with E-state index >= 15 is 0 Å². The van der Waals surface area contributed by atoms with Crippen LogP contribution in [0.1, 0.15) is 43.3 Å². The number of benzene rings is 1. The number of carbonyl (C=O) groups excluding carboxylic acids is 1. The molecule has 0 fully saturated rings. The van der Waals surface area contributed by atoms with Crippen molar-refractivity contribution in [1.82, 2.24) is 0 Å². The molecule has 5 heteroatoms. The van der Waals surface area contributed by atoms with E-state index in [1.165, 1.54) is 19.1 Å². The van der Waals surface area contributed by atoms with Gasteiger partial charge in [0.05, 0.1) is 5.41 Å². The Morgan fingerprint density at radius 1 is 1.38 bits per heavy atom. The molecule has 1 aromatic carbocycles. The third-order valence-electron chi connectivity index (χ3n) is 4.67. The Morgan fingerprint density at radius 3 is 2.71 bits per heavy atom. The fourth-order valence-electron chi connectivity index (χ4n) is 3.45. The summed E-state index contributed by atoms with van der Waals surface area (Å²) in [5.74, 6) is -0.379. The van der Waals surface area contributed by atoms with Crippen molar-refractivity contribution in [1.29, 1.82) is 0 Å². The monoisotopic (exact) mass is 328 g/mol. The Kier molecular flexibility index (Phi) is 3.82. The summed E-state index contributed by atoms with van der Waals surface area (Å²) in [4.78, 5) is 13.6. The number of carbonyl (C=O) groups is 1. The Labute approximate surface area is 141 Å². The summed E-state index contributed by atoms with van der Waals surface area (Å²) in [6.07, 6.45) is 0.450. The van der Waals surface area contributed by atoms with Gasteiger partial charge in [-0.15, -0.1) is 0 Å². The molecule has 0 radical (unpaired) electrons. The summed E-state index contributed by atoms with van der Waals surface area (Å²) in [5, 5.41) is 12.8. The second-order valence-corrected chi connectivity index (χ2v) is 7.08. The maximum atomic E-state index is 13.4. The van der Waals surface area contributed by atoms with E-state index in [2.05, 4.69) is 0 Å². The van der Waals surface area contributed by atoms with Crippen LogP contribution in [0.3, 0.4) is 0 Å². The Hall–Kier alpha value is -2.43. The summed E-state index contributed by atoms with van der Waals surface area (Å²) in [6, 6.07) is 8.25. The molecule has 0 unspecified atom stereocenters. The molecule has 1 amide bonds. The molecule has 1 aliphatic heterocycles. The quantitative estimate of drug-likeness (QED) is 0.628. The zero-order chi connectivity index (χ0) is 17.6. The number of amides is 1. The van der Waals surface area contributed by atoms with Crippen LogP contribution >= 0.6 is 0 Å². The van der Waals surface area contributed by atoms with Crippen LogP contribution in [-0.2, 0) is 16.6 Å². The maximum Gasteiger partial charge on any atom is 0.224 e. The third-order valence-corrected chi connectivity index (χ3v) is 4.67. The van der Waals surface area contributed by atoms with Crippen molar-refractivity contribution < 1.29 is 13.9 Å². The van der Waals surface area contributed by atoms with Gasteiger partial charge in [-0.25, -0.2) is 4.39 Å². The summed E-state index contributed by atoms with van der Waals surface area (Å²) in [5.41, 5.74) is 3.09. The lowest BCUT2D eigenvalue weighted by Crippen LogP contribution is -2.42. The molecule has 1 aliphatic rings. The highest BCUT2D eigenvalue weighted by molar-refractivity contribution is 5.94. The van der Waals surface area contributed by atoms with Gasteiger partial charge in [0.25, 0.3) is 0 Å². The number of hydrogen-bond acceptors (Lipinski definition) is 2. The summed E-state index contributed by atoms with van der Waals surface area (Å²) < 4.78 is 14.4. The number of fused-ring (bicyclic) bond motifs is 1. The Morgan fingerprint density at radius 2 is 2.08 bits per heavy atom. The first-order chi connectivity index (χ1) is 11.2. The lowest BCUT2D eigenvalue weighted by atomic mass is 9.90. The van der Waals surface area contributed by atoms with Crippen LogP contribution in [0.2, 0.25) is 0 Å². The fourth-order valence-corrected chi connectivity index (χ4v) is 3.45. The smallest absolute Gasteiger partial charge is 0.224 e. The minimum absolute atomic E-state index is 0.0811. The Bertz CT molecular complexity index is 830. The van der Waals surface area contributed by atoms with Gasteiger partial charge in [0.15, 0.2) is 5.69 Å². The summed E-state index contributed by atoms with van der Waals surface area (Å²) in [6.45, 7) is 7.70. The normalized spacial score (nSPS) is 15.5. The van der Waals surface area contributed by atoms with Crippen LogP contribution in [0.25, 0.3) is 0 Å². The summed E-state index contributed by atoms with van der Waals surface area (Å²) >= 11 is 0. The number of nitrogens with zero attached hydrogens (tertiary/aromatic N) is 2. The maximum absolute atomic E-state index is 13.4. The fraction of sp³-hybridized carbons (Fsp3) is 0.368. The largest absolute Gasteiger partial charge is 0.618 e. The molecule has 0 N–H and O–H groups in total. The van der Waals surface area contributed by atoms with Crippen molar-refractivity contribution in [2.24, 2.45) is 0 Å². The van der Waals surface area contributed by atoms with Gasteiger partial charge in [-0.05, 0) is 37.6 Å². The van der Waals surface area contributed by atoms with E-state index in [0.717, 1.165) is 15.9 Å². The first-order valence-corrected chi connectivity index (χ1v) is 8.00. The van der Waals surface area contributed by atoms with Crippen LogP contribution < -0.4 is 9.63 Å². The SMILES string of the molecule is CC(=O)N1CC(C)(C)c2c1cc(Cc1cccc(F)c1)c(C)[n+]2[O-]. The third kappa shape index (κ3) is 2.64. The van der Waals surface area contributed by atoms with Gasteiger partial charge in [-0.1, -0.05) is 12.1 Å². The molecule has 0 aliphatic carbocycles. The van der Waals surface area contributed by atoms with Crippen LogP contribution in [0, 0.1) is 17.9 Å². The van der Waals surface area contributed by atoms with Gasteiger partial charge in [-0.3, -0.25) is 4.79 Å². The first-order valence-electron chi connectivity index (χ1n) is 8.00. The molecule has 0 bridgehead atoms. The van der Waals surface area contributed by atoms with Crippen molar-refractivity contribution >= 4 is 11.6 Å². The second-order valence-electron chi connectivity index (χ2n) is 7.08. The molecule has 0 atom stereocenters. The standard InChI is InChI=1S/C19H21FN2O2/c1-12-15(8-14-6-5-7-16(20)9-14)10-17-18(22(12)24)19(3,4)11-21(17)13(2)23/h5-7,9-10H,8,11H2,1-4H3. The zero-order valence-corrected chi connectivity index (χ0v) is 14.4. The highest BCUT2D eigenvalue weighted by Gasteiger charge is 2.45. The Balaban J connectivity index is 2.12. The van der Waals surface area contributed by atoms with Gasteiger partial charge < -0.3 is 10.1 Å². The molecule has 2 aromatic rings. The minimum Gasteiger partial charge on any atom is -0.618 e. The molecule has 24 heavy (non-hydrogen) atoms. The summed E-state index contributed by atoms with van der Waals surface area (Å²) in [7, 11) is 0. The molecule has 0 saturated carbocycles. The van der Waals surface area contributed by atoms with Gasteiger partial charge in [-0.2, -0.15) is 4.73 Å². The molecule has 4 nitrogen and oxygen atoms in total. The average Bonchev–Trinajstić information content (AvgIpc) is 2.76. The number of aromatic nitrogens is 1. The molecule has 126 valence electrons. The highest BCUT2D eigenvalue weighted by atomic mass is 19.1. The van der Waals surface area contributed by atoms with E-state index in [1.807, 2.05) is 26.0 Å². The second kappa shape index (κ2) is 5.58. The van der Waals surface area contributed by atoms with Crippen LogP contribution in [-0.4, -0.2) is 12.5 Å². The van der Waals surface area contributed by atoms with Crippen molar-refractivity contribution in [2.45, 2.75) is 39.5 Å². The van der Waals surface area contributed by atoms with E-state index in [0.29, 0.717) is 30.0 Å². The highest BCUT2D eigenvalue weighted by Crippen LogP contribution is 2.39. The molecular formula is C19H21FN2O2. The first kappa shape index (κ1) is 16.4. The number of hydrogen-bond donors (Lipinski definition) is 0. The van der Waals surface area contributed by atoms with E-state index in [4.69, 9.17) is 0 Å². The number of rotatable bonds is 2. The number of halogens is 1. The van der Waals surface area contributed by atoms with Crippen molar-refractivity contribution in [3.05, 3.63) is 63.9 Å². The van der Waals surface area contributed by atoms with Crippen molar-refractivity contribution in [2.75, 3.05) is 11.4 Å². The van der Waals surface area contributed by atoms with Crippen LogP contribution in [0.4, 0.5) is 10.1 Å². The molecular weight excluding hydrogens is 307 g/mol. The average molecular weight is 328 g/mol. The van der Waals surface area contributed by atoms with E-state index in [1.54, 1.807) is 17.9 Å². The predicted molar refractivity (Wildman–Crippen MR) is 90.4 cm³/mol. The van der Waals surface area contributed by atoms with E-state index in [-0.39, 0.29) is 11.7 Å². The zero-order valence-electron chi connectivity index (χ0n) is 14.4. The molecule has 0 spiro atoms. The predicted octanol–water partition coefficient (Wildman–Crippen LogP) is 3.00. The molecule has 2 heterocycles.